The average molecular weight is 376 g/mol. The zero-order valence-electron chi connectivity index (χ0n) is 10.8. The fraction of sp³-hybridized carbons (Fsp3) is 0. The van der Waals surface area contributed by atoms with Gasteiger partial charge in [-0.1, -0.05) is 76.3 Å². The lowest BCUT2D eigenvalue weighted by molar-refractivity contribution is -0.113. The van der Waals surface area contributed by atoms with Crippen LogP contribution in [0.3, 0.4) is 0 Å². The van der Waals surface area contributed by atoms with E-state index in [9.17, 15) is 4.79 Å². The van der Waals surface area contributed by atoms with Crippen molar-refractivity contribution >= 4 is 61.9 Å². The lowest BCUT2D eigenvalue weighted by Gasteiger charge is -2.14. The Kier molecular flexibility index (Phi) is 4.24. The molecule has 5 heteroatoms. The van der Waals surface area contributed by atoms with Crippen molar-refractivity contribution in [3.8, 4) is 0 Å². The number of thioether (sulfide) groups is 1. The summed E-state index contributed by atoms with van der Waals surface area (Å²) in [7, 11) is 0. The zero-order valence-corrected chi connectivity index (χ0v) is 14.0. The number of halogens is 1. The van der Waals surface area contributed by atoms with Gasteiger partial charge in [-0.2, -0.15) is 0 Å². The summed E-state index contributed by atoms with van der Waals surface area (Å²) < 4.78 is 1.47. The molecule has 2 aromatic rings. The quantitative estimate of drug-likeness (QED) is 0.552. The van der Waals surface area contributed by atoms with Crippen LogP contribution in [0.1, 0.15) is 5.56 Å². The van der Waals surface area contributed by atoms with Gasteiger partial charge in [0, 0.05) is 4.47 Å². The summed E-state index contributed by atoms with van der Waals surface area (Å²) in [6.07, 6.45) is 1.87. The fourth-order valence-electron chi connectivity index (χ4n) is 2.01. The molecule has 1 fully saturated rings. The Morgan fingerprint density at radius 1 is 1.10 bits per heavy atom. The predicted octanol–water partition coefficient (Wildman–Crippen LogP) is 4.85. The van der Waals surface area contributed by atoms with Crippen molar-refractivity contribution in [2.45, 2.75) is 0 Å². The van der Waals surface area contributed by atoms with E-state index in [2.05, 4.69) is 15.9 Å². The Labute approximate surface area is 141 Å². The van der Waals surface area contributed by atoms with Gasteiger partial charge in [0.15, 0.2) is 4.32 Å². The summed E-state index contributed by atoms with van der Waals surface area (Å²) in [5.41, 5.74) is 1.77. The number of nitrogens with zero attached hydrogens (tertiary/aromatic N) is 1. The Morgan fingerprint density at radius 2 is 1.86 bits per heavy atom. The molecule has 1 amide bonds. The van der Waals surface area contributed by atoms with Crippen molar-refractivity contribution in [3.05, 3.63) is 69.5 Å². The van der Waals surface area contributed by atoms with Crippen LogP contribution >= 0.6 is 39.9 Å². The molecule has 0 bridgehead atoms. The first-order valence-corrected chi connectivity index (χ1v) is 8.25. The molecule has 2 nitrogen and oxygen atoms in total. The van der Waals surface area contributed by atoms with Crippen LogP contribution in [0.5, 0.6) is 0 Å². The zero-order chi connectivity index (χ0) is 14.8. The second-order valence-electron chi connectivity index (χ2n) is 4.41. The normalized spacial score (nSPS) is 16.8. The molecule has 1 saturated heterocycles. The molecule has 0 radical (unpaired) electrons. The van der Waals surface area contributed by atoms with Crippen LogP contribution < -0.4 is 4.90 Å². The first kappa shape index (κ1) is 14.5. The molecule has 3 rings (SSSR count). The van der Waals surface area contributed by atoms with E-state index < -0.39 is 0 Å². The first-order chi connectivity index (χ1) is 10.1. The Hall–Kier alpha value is -1.43. The highest BCUT2D eigenvalue weighted by Gasteiger charge is 2.33. The Balaban J connectivity index is 1.94. The van der Waals surface area contributed by atoms with Gasteiger partial charge in [-0.3, -0.25) is 9.69 Å². The number of thiocarbonyl (C=S) groups is 1. The summed E-state index contributed by atoms with van der Waals surface area (Å²) in [6.45, 7) is 0. The monoisotopic (exact) mass is 375 g/mol. The Bertz CT molecular complexity index is 743. The van der Waals surface area contributed by atoms with Crippen LogP contribution in [0.2, 0.25) is 0 Å². The number of hydrogen-bond donors (Lipinski definition) is 0. The van der Waals surface area contributed by atoms with Crippen molar-refractivity contribution in [1.29, 1.82) is 0 Å². The van der Waals surface area contributed by atoms with E-state index >= 15 is 0 Å². The van der Waals surface area contributed by atoms with Crippen molar-refractivity contribution < 1.29 is 4.79 Å². The molecular formula is C16H10BrNOS2. The molecule has 2 aromatic carbocycles. The minimum absolute atomic E-state index is 0.0769. The summed E-state index contributed by atoms with van der Waals surface area (Å²) in [5, 5.41) is 0. The van der Waals surface area contributed by atoms with Crippen molar-refractivity contribution in [1.82, 2.24) is 0 Å². The molecule has 0 unspecified atom stereocenters. The van der Waals surface area contributed by atoms with E-state index in [1.54, 1.807) is 4.90 Å². The maximum Gasteiger partial charge on any atom is 0.270 e. The van der Waals surface area contributed by atoms with Gasteiger partial charge in [0.05, 0.1) is 10.6 Å². The molecule has 0 spiro atoms. The van der Waals surface area contributed by atoms with E-state index in [-0.39, 0.29) is 5.91 Å². The number of carbonyl (C=O) groups is 1. The fourth-order valence-corrected chi connectivity index (χ4v) is 3.69. The standard InChI is InChI=1S/C16H10BrNOS2/c17-12-7-4-8-13(10-12)18-15(19)14(21-16(18)20)9-11-5-2-1-3-6-11/h1-10H. The molecule has 1 heterocycles. The van der Waals surface area contributed by atoms with E-state index in [0.29, 0.717) is 9.23 Å². The average Bonchev–Trinajstić information content (AvgIpc) is 2.74. The van der Waals surface area contributed by atoms with Crippen LogP contribution in [0.25, 0.3) is 6.08 Å². The number of hydrogen-bond acceptors (Lipinski definition) is 3. The molecule has 21 heavy (non-hydrogen) atoms. The maximum atomic E-state index is 12.6. The maximum absolute atomic E-state index is 12.6. The number of carbonyl (C=O) groups excluding carboxylic acids is 1. The van der Waals surface area contributed by atoms with Gasteiger partial charge < -0.3 is 0 Å². The smallest absolute Gasteiger partial charge is 0.268 e. The van der Waals surface area contributed by atoms with Gasteiger partial charge in [-0.05, 0) is 29.8 Å². The van der Waals surface area contributed by atoms with E-state index in [0.717, 1.165) is 15.7 Å². The minimum Gasteiger partial charge on any atom is -0.268 e. The van der Waals surface area contributed by atoms with E-state index in [4.69, 9.17) is 12.2 Å². The van der Waals surface area contributed by atoms with Crippen LogP contribution in [0.4, 0.5) is 5.69 Å². The highest BCUT2D eigenvalue weighted by molar-refractivity contribution is 9.10. The van der Waals surface area contributed by atoms with Gasteiger partial charge in [-0.25, -0.2) is 0 Å². The summed E-state index contributed by atoms with van der Waals surface area (Å²) in [5.74, 6) is -0.0769. The van der Waals surface area contributed by atoms with Crippen LogP contribution in [-0.2, 0) is 4.79 Å². The molecule has 1 aliphatic rings. The number of anilines is 1. The lowest BCUT2D eigenvalue weighted by atomic mass is 10.2. The molecular weight excluding hydrogens is 366 g/mol. The molecule has 0 atom stereocenters. The van der Waals surface area contributed by atoms with Gasteiger partial charge >= 0.3 is 0 Å². The summed E-state index contributed by atoms with van der Waals surface area (Å²) in [4.78, 5) is 14.8. The second-order valence-corrected chi connectivity index (χ2v) is 7.00. The second kappa shape index (κ2) is 6.13. The highest BCUT2D eigenvalue weighted by Crippen LogP contribution is 2.36. The highest BCUT2D eigenvalue weighted by atomic mass is 79.9. The lowest BCUT2D eigenvalue weighted by Crippen LogP contribution is -2.27. The molecule has 0 saturated carbocycles. The number of amides is 1. The third-order valence-electron chi connectivity index (χ3n) is 2.96. The molecule has 0 N–H and O–H groups in total. The minimum atomic E-state index is -0.0769. The van der Waals surface area contributed by atoms with E-state index in [1.807, 2.05) is 60.7 Å². The van der Waals surface area contributed by atoms with Crippen molar-refractivity contribution in [3.63, 3.8) is 0 Å². The molecule has 104 valence electrons. The summed E-state index contributed by atoms with van der Waals surface area (Å²) in [6, 6.07) is 17.3. The first-order valence-electron chi connectivity index (χ1n) is 6.24. The molecule has 1 aliphatic heterocycles. The molecule has 0 aliphatic carbocycles. The SMILES string of the molecule is O=C1C(=Cc2ccccc2)SC(=S)N1c1cccc(Br)c1. The summed E-state index contributed by atoms with van der Waals surface area (Å²) >= 11 is 10.1. The Morgan fingerprint density at radius 3 is 2.57 bits per heavy atom. The van der Waals surface area contributed by atoms with Gasteiger partial charge in [-0.15, -0.1) is 0 Å². The predicted molar refractivity (Wildman–Crippen MR) is 96.2 cm³/mol. The number of rotatable bonds is 2. The van der Waals surface area contributed by atoms with Crippen LogP contribution in [0, 0.1) is 0 Å². The van der Waals surface area contributed by atoms with Crippen molar-refractivity contribution in [2.75, 3.05) is 4.90 Å². The van der Waals surface area contributed by atoms with Crippen LogP contribution in [-0.4, -0.2) is 10.2 Å². The molecule has 0 aromatic heterocycles. The van der Waals surface area contributed by atoms with Crippen molar-refractivity contribution in [2.24, 2.45) is 0 Å². The van der Waals surface area contributed by atoms with Gasteiger partial charge in [0.1, 0.15) is 0 Å². The van der Waals surface area contributed by atoms with Gasteiger partial charge in [0.25, 0.3) is 5.91 Å². The van der Waals surface area contributed by atoms with Gasteiger partial charge in [0.2, 0.25) is 0 Å². The van der Waals surface area contributed by atoms with E-state index in [1.165, 1.54) is 11.8 Å². The third kappa shape index (κ3) is 3.10. The number of benzene rings is 2. The van der Waals surface area contributed by atoms with Crippen LogP contribution in [0.15, 0.2) is 64.0 Å². The topological polar surface area (TPSA) is 20.3 Å². The largest absolute Gasteiger partial charge is 0.270 e. The third-order valence-corrected chi connectivity index (χ3v) is 4.75.